The Balaban J connectivity index is 2.27. The van der Waals surface area contributed by atoms with Crippen LogP contribution in [0, 0.1) is 0 Å². The quantitative estimate of drug-likeness (QED) is 0.878. The van der Waals surface area contributed by atoms with E-state index in [0.29, 0.717) is 12.6 Å². The van der Waals surface area contributed by atoms with Gasteiger partial charge in [0.2, 0.25) is 0 Å². The smallest absolute Gasteiger partial charge is 0.0484 e. The molecule has 0 spiro atoms. The maximum Gasteiger partial charge on any atom is 0.0484 e. The summed E-state index contributed by atoms with van der Waals surface area (Å²) in [6, 6.07) is 6.96. The lowest BCUT2D eigenvalue weighted by Crippen LogP contribution is -2.44. The highest BCUT2D eigenvalue weighted by atomic mass is 79.9. The minimum atomic E-state index is 0.289. The molecule has 1 aliphatic heterocycles. The van der Waals surface area contributed by atoms with Gasteiger partial charge >= 0.3 is 0 Å². The molecule has 0 aromatic heterocycles. The van der Waals surface area contributed by atoms with Crippen LogP contribution in [0.1, 0.15) is 44.2 Å². The molecule has 2 N–H and O–H groups in total. The second-order valence-electron chi connectivity index (χ2n) is 5.21. The fraction of sp³-hybridized carbons (Fsp3) is 0.600. The van der Waals surface area contributed by atoms with E-state index in [2.05, 4.69) is 33.8 Å². The van der Waals surface area contributed by atoms with Gasteiger partial charge in [0.15, 0.2) is 0 Å². The van der Waals surface area contributed by atoms with Crippen LogP contribution in [-0.2, 0) is 0 Å². The first kappa shape index (κ1) is 15.3. The maximum atomic E-state index is 6.06. The Bertz CT molecular complexity index is 425. The number of likely N-dealkylation sites (tertiary alicyclic amines) is 1. The molecule has 2 unspecified atom stereocenters. The minimum Gasteiger partial charge on any atom is -0.329 e. The van der Waals surface area contributed by atoms with E-state index in [1.165, 1.54) is 31.2 Å². The number of hydrogen-bond donors (Lipinski definition) is 1. The molecule has 1 fully saturated rings. The van der Waals surface area contributed by atoms with Crippen LogP contribution in [0.15, 0.2) is 22.7 Å². The van der Waals surface area contributed by atoms with E-state index in [4.69, 9.17) is 17.3 Å². The molecule has 4 heteroatoms. The number of rotatable bonds is 4. The molecular weight excluding hydrogens is 324 g/mol. The predicted molar refractivity (Wildman–Crippen MR) is 85.6 cm³/mol. The van der Waals surface area contributed by atoms with Gasteiger partial charge in [0.05, 0.1) is 0 Å². The number of nitrogens with two attached hydrogens (primary N) is 1. The number of nitrogens with zero attached hydrogens (tertiary/aromatic N) is 1. The predicted octanol–water partition coefficient (Wildman–Crippen LogP) is 4.37. The van der Waals surface area contributed by atoms with Gasteiger partial charge in [-0.05, 0) is 43.5 Å². The topological polar surface area (TPSA) is 29.3 Å². The van der Waals surface area contributed by atoms with Crippen molar-refractivity contribution in [1.29, 1.82) is 0 Å². The molecule has 2 nitrogen and oxygen atoms in total. The average molecular weight is 346 g/mol. The summed E-state index contributed by atoms with van der Waals surface area (Å²) in [6.45, 7) is 4.07. The molecule has 1 aliphatic rings. The summed E-state index contributed by atoms with van der Waals surface area (Å²) in [6.07, 6.45) is 5.10. The van der Waals surface area contributed by atoms with Gasteiger partial charge < -0.3 is 5.73 Å². The van der Waals surface area contributed by atoms with E-state index in [1.54, 1.807) is 0 Å². The van der Waals surface area contributed by atoms with Crippen molar-refractivity contribution < 1.29 is 0 Å². The van der Waals surface area contributed by atoms with Gasteiger partial charge in [0.1, 0.15) is 0 Å². The molecule has 19 heavy (non-hydrogen) atoms. The first-order valence-corrected chi connectivity index (χ1v) is 8.25. The standard InChI is InChI=1S/C15H22BrClN2/c1-2-12-5-3-4-8-19(12)15(10-18)13-7-6-11(17)9-14(13)16/h6-7,9,12,15H,2-5,8,10,18H2,1H3. The van der Waals surface area contributed by atoms with Crippen LogP contribution in [0.3, 0.4) is 0 Å². The van der Waals surface area contributed by atoms with Crippen molar-refractivity contribution in [3.05, 3.63) is 33.3 Å². The number of hydrogen-bond acceptors (Lipinski definition) is 2. The molecule has 0 bridgehead atoms. The molecule has 0 radical (unpaired) electrons. The third-order valence-corrected chi connectivity index (χ3v) is 5.01. The van der Waals surface area contributed by atoms with Crippen LogP contribution in [0.2, 0.25) is 5.02 Å². The number of benzene rings is 1. The molecule has 106 valence electrons. The Morgan fingerprint density at radius 3 is 2.89 bits per heavy atom. The van der Waals surface area contributed by atoms with Crippen LogP contribution < -0.4 is 5.73 Å². The highest BCUT2D eigenvalue weighted by molar-refractivity contribution is 9.10. The highest BCUT2D eigenvalue weighted by Gasteiger charge is 2.28. The van der Waals surface area contributed by atoms with Crippen LogP contribution in [-0.4, -0.2) is 24.0 Å². The zero-order chi connectivity index (χ0) is 13.8. The van der Waals surface area contributed by atoms with Crippen molar-refractivity contribution in [3.8, 4) is 0 Å². The first-order chi connectivity index (χ1) is 9.17. The summed E-state index contributed by atoms with van der Waals surface area (Å²) in [5.41, 5.74) is 7.32. The maximum absolute atomic E-state index is 6.06. The first-order valence-electron chi connectivity index (χ1n) is 7.08. The van der Waals surface area contributed by atoms with Crippen molar-refractivity contribution in [2.24, 2.45) is 5.73 Å². The van der Waals surface area contributed by atoms with E-state index < -0.39 is 0 Å². The molecular formula is C15H22BrClN2. The molecule has 1 saturated heterocycles. The van der Waals surface area contributed by atoms with Gasteiger partial charge in [-0.25, -0.2) is 0 Å². The van der Waals surface area contributed by atoms with Gasteiger partial charge in [-0.2, -0.15) is 0 Å². The van der Waals surface area contributed by atoms with Crippen LogP contribution in [0.4, 0.5) is 0 Å². The van der Waals surface area contributed by atoms with Crippen molar-refractivity contribution in [2.75, 3.05) is 13.1 Å². The molecule has 0 aliphatic carbocycles. The van der Waals surface area contributed by atoms with Gasteiger partial charge in [-0.1, -0.05) is 46.9 Å². The average Bonchev–Trinajstić information content (AvgIpc) is 2.42. The molecule has 1 aromatic carbocycles. The Labute approximate surface area is 129 Å². The monoisotopic (exact) mass is 344 g/mol. The summed E-state index contributed by atoms with van der Waals surface area (Å²) in [5.74, 6) is 0. The lowest BCUT2D eigenvalue weighted by atomic mass is 9.95. The van der Waals surface area contributed by atoms with E-state index >= 15 is 0 Å². The van der Waals surface area contributed by atoms with Crippen LogP contribution in [0.5, 0.6) is 0 Å². The Hall–Kier alpha value is -0.0900. The normalized spacial score (nSPS) is 22.4. The van der Waals surface area contributed by atoms with Crippen LogP contribution >= 0.6 is 27.5 Å². The van der Waals surface area contributed by atoms with E-state index in [0.717, 1.165) is 16.0 Å². The fourth-order valence-corrected chi connectivity index (χ4v) is 4.03. The summed E-state index contributed by atoms with van der Waals surface area (Å²) in [4.78, 5) is 2.58. The van der Waals surface area contributed by atoms with E-state index in [1.807, 2.05) is 12.1 Å². The number of piperidine rings is 1. The lowest BCUT2D eigenvalue weighted by molar-refractivity contribution is 0.0946. The molecule has 2 rings (SSSR count). The Kier molecular flexibility index (Phi) is 5.70. The molecule has 2 atom stereocenters. The third kappa shape index (κ3) is 3.52. The number of halogens is 2. The van der Waals surface area contributed by atoms with E-state index in [-0.39, 0.29) is 6.04 Å². The van der Waals surface area contributed by atoms with Crippen molar-refractivity contribution in [1.82, 2.24) is 4.90 Å². The highest BCUT2D eigenvalue weighted by Crippen LogP contribution is 2.34. The van der Waals surface area contributed by atoms with Crippen molar-refractivity contribution in [2.45, 2.75) is 44.7 Å². The van der Waals surface area contributed by atoms with Crippen molar-refractivity contribution >= 4 is 27.5 Å². The van der Waals surface area contributed by atoms with Gasteiger partial charge in [-0.3, -0.25) is 4.90 Å². The second-order valence-corrected chi connectivity index (χ2v) is 6.50. The zero-order valence-electron chi connectivity index (χ0n) is 11.4. The Morgan fingerprint density at radius 1 is 1.47 bits per heavy atom. The summed E-state index contributed by atoms with van der Waals surface area (Å²) in [7, 11) is 0. The van der Waals surface area contributed by atoms with Gasteiger partial charge in [0, 0.05) is 28.1 Å². The summed E-state index contributed by atoms with van der Waals surface area (Å²) >= 11 is 9.66. The molecule has 1 aromatic rings. The van der Waals surface area contributed by atoms with E-state index in [9.17, 15) is 0 Å². The van der Waals surface area contributed by atoms with Gasteiger partial charge in [-0.15, -0.1) is 0 Å². The fourth-order valence-electron chi connectivity index (χ4n) is 3.08. The second kappa shape index (κ2) is 7.07. The molecule has 0 amide bonds. The summed E-state index contributed by atoms with van der Waals surface area (Å²) < 4.78 is 1.07. The molecule has 0 saturated carbocycles. The summed E-state index contributed by atoms with van der Waals surface area (Å²) in [5, 5.41) is 0.761. The lowest BCUT2D eigenvalue weighted by Gasteiger charge is -2.41. The largest absolute Gasteiger partial charge is 0.329 e. The minimum absolute atomic E-state index is 0.289. The SMILES string of the molecule is CCC1CCCCN1C(CN)c1ccc(Cl)cc1Br. The Morgan fingerprint density at radius 2 is 2.26 bits per heavy atom. The molecule has 1 heterocycles. The van der Waals surface area contributed by atoms with Gasteiger partial charge in [0.25, 0.3) is 0 Å². The van der Waals surface area contributed by atoms with Crippen LogP contribution in [0.25, 0.3) is 0 Å². The van der Waals surface area contributed by atoms with Crippen molar-refractivity contribution in [3.63, 3.8) is 0 Å². The third-order valence-electron chi connectivity index (χ3n) is 4.09. The zero-order valence-corrected chi connectivity index (χ0v) is 13.8.